The van der Waals surface area contributed by atoms with Gasteiger partial charge in [-0.1, -0.05) is 5.16 Å². The van der Waals surface area contributed by atoms with Crippen LogP contribution in [0.3, 0.4) is 0 Å². The second kappa shape index (κ2) is 4.82. The summed E-state index contributed by atoms with van der Waals surface area (Å²) < 4.78 is 18.6. The first-order valence-electron chi connectivity index (χ1n) is 5.18. The molecule has 0 bridgehead atoms. The molecule has 2 rings (SSSR count). The largest absolute Gasteiger partial charge is 0.371 e. The fraction of sp³-hybridized carbons (Fsp3) is 0.182. The van der Waals surface area contributed by atoms with Crippen molar-refractivity contribution in [3.8, 4) is 0 Å². The van der Waals surface area contributed by atoms with Crippen LogP contribution in [0.2, 0.25) is 0 Å². The van der Waals surface area contributed by atoms with E-state index >= 15 is 0 Å². The van der Waals surface area contributed by atoms with Crippen LogP contribution in [-0.2, 0) is 0 Å². The van der Waals surface area contributed by atoms with E-state index < -0.39 is 11.7 Å². The monoisotopic (exact) mass is 250 g/mol. The number of carbonyl (C=O) groups is 1. The molecule has 0 fully saturated rings. The first kappa shape index (κ1) is 12.0. The third-order valence-corrected chi connectivity index (χ3v) is 2.24. The number of carbonyl (C=O) groups excluding carboxylic acids is 1. The summed E-state index contributed by atoms with van der Waals surface area (Å²) in [4.78, 5) is 15.6. The lowest BCUT2D eigenvalue weighted by Gasteiger charge is -2.05. The Morgan fingerprint density at radius 3 is 2.89 bits per heavy atom. The summed E-state index contributed by atoms with van der Waals surface area (Å²) in [5, 5.41) is 8.58. The van der Waals surface area contributed by atoms with Gasteiger partial charge in [-0.3, -0.25) is 10.1 Å². The number of amides is 1. The molecule has 0 radical (unpaired) electrons. The lowest BCUT2D eigenvalue weighted by atomic mass is 10.2. The highest BCUT2D eigenvalue weighted by atomic mass is 19.1. The predicted molar refractivity (Wildman–Crippen MR) is 62.9 cm³/mol. The molecule has 0 unspecified atom stereocenters. The van der Waals surface area contributed by atoms with Crippen molar-refractivity contribution in [2.24, 2.45) is 0 Å². The van der Waals surface area contributed by atoms with Crippen molar-refractivity contribution in [3.05, 3.63) is 35.4 Å². The third-order valence-electron chi connectivity index (χ3n) is 2.24. The first-order valence-corrected chi connectivity index (χ1v) is 5.18. The standard InChI is InChI=1S/C11H11FN4O2/c1-6-5-8(18-16-6)15-11(17)7-3-4-14-10(13-2)9(7)12/h3-5H,1-2H3,(H,13,14)(H,15,17). The second-order valence-corrected chi connectivity index (χ2v) is 3.56. The molecular weight excluding hydrogens is 239 g/mol. The molecule has 0 atom stereocenters. The third kappa shape index (κ3) is 2.29. The molecule has 2 aromatic rings. The van der Waals surface area contributed by atoms with Crippen molar-refractivity contribution < 1.29 is 13.7 Å². The van der Waals surface area contributed by atoms with E-state index in [1.807, 2.05) is 0 Å². The Morgan fingerprint density at radius 2 is 2.28 bits per heavy atom. The van der Waals surface area contributed by atoms with Gasteiger partial charge in [-0.15, -0.1) is 0 Å². The average Bonchev–Trinajstić information content (AvgIpc) is 2.75. The van der Waals surface area contributed by atoms with Crippen LogP contribution in [0.25, 0.3) is 0 Å². The van der Waals surface area contributed by atoms with Crippen LogP contribution in [0.15, 0.2) is 22.9 Å². The molecule has 0 aliphatic carbocycles. The summed E-state index contributed by atoms with van der Waals surface area (Å²) in [6.45, 7) is 1.71. The van der Waals surface area contributed by atoms with E-state index in [9.17, 15) is 9.18 Å². The highest BCUT2D eigenvalue weighted by Crippen LogP contribution is 2.16. The van der Waals surface area contributed by atoms with Gasteiger partial charge in [0.2, 0.25) is 5.88 Å². The summed E-state index contributed by atoms with van der Waals surface area (Å²) in [7, 11) is 1.52. The van der Waals surface area contributed by atoms with Crippen molar-refractivity contribution >= 4 is 17.6 Å². The van der Waals surface area contributed by atoms with Gasteiger partial charge in [0.05, 0.1) is 11.3 Å². The maximum Gasteiger partial charge on any atom is 0.261 e. The fourth-order valence-corrected chi connectivity index (χ4v) is 1.40. The number of hydrogen-bond donors (Lipinski definition) is 2. The minimum Gasteiger partial charge on any atom is -0.371 e. The zero-order valence-electron chi connectivity index (χ0n) is 9.82. The van der Waals surface area contributed by atoms with E-state index in [1.54, 1.807) is 6.92 Å². The number of aromatic nitrogens is 2. The van der Waals surface area contributed by atoms with Crippen LogP contribution in [0.1, 0.15) is 16.1 Å². The van der Waals surface area contributed by atoms with Crippen molar-refractivity contribution in [3.63, 3.8) is 0 Å². The maximum absolute atomic E-state index is 13.8. The number of rotatable bonds is 3. The summed E-state index contributed by atoms with van der Waals surface area (Å²) in [6, 6.07) is 2.82. The Bertz CT molecular complexity index is 582. The Morgan fingerprint density at radius 1 is 1.50 bits per heavy atom. The first-order chi connectivity index (χ1) is 8.61. The Hall–Kier alpha value is -2.44. The molecule has 0 spiro atoms. The number of hydrogen-bond acceptors (Lipinski definition) is 5. The van der Waals surface area contributed by atoms with Crippen LogP contribution >= 0.6 is 0 Å². The van der Waals surface area contributed by atoms with Crippen molar-refractivity contribution in [1.82, 2.24) is 10.1 Å². The highest BCUT2D eigenvalue weighted by Gasteiger charge is 2.16. The molecule has 2 aromatic heterocycles. The number of pyridine rings is 1. The van der Waals surface area contributed by atoms with Gasteiger partial charge >= 0.3 is 0 Å². The number of nitrogens with one attached hydrogen (secondary N) is 2. The minimum atomic E-state index is -0.714. The molecule has 18 heavy (non-hydrogen) atoms. The lowest BCUT2D eigenvalue weighted by Crippen LogP contribution is -2.14. The summed E-state index contributed by atoms with van der Waals surface area (Å²) in [5.74, 6) is -1.16. The van der Waals surface area contributed by atoms with Gasteiger partial charge in [-0.25, -0.2) is 9.37 Å². The smallest absolute Gasteiger partial charge is 0.261 e. The van der Waals surface area contributed by atoms with Gasteiger partial charge in [0, 0.05) is 19.3 Å². The predicted octanol–water partition coefficient (Wildman–Crippen LogP) is 1.81. The van der Waals surface area contributed by atoms with E-state index in [1.165, 1.54) is 25.4 Å². The second-order valence-electron chi connectivity index (χ2n) is 3.56. The summed E-state index contributed by atoms with van der Waals surface area (Å²) in [5.41, 5.74) is 0.500. The van der Waals surface area contributed by atoms with Gasteiger partial charge < -0.3 is 9.84 Å². The van der Waals surface area contributed by atoms with Crippen molar-refractivity contribution in [2.75, 3.05) is 17.7 Å². The zero-order chi connectivity index (χ0) is 13.1. The van der Waals surface area contributed by atoms with E-state index in [0.717, 1.165) is 0 Å². The SMILES string of the molecule is CNc1nccc(C(=O)Nc2cc(C)no2)c1F. The molecule has 0 aliphatic heterocycles. The minimum absolute atomic E-state index is 0.0106. The number of halogens is 1. The van der Waals surface area contributed by atoms with Gasteiger partial charge in [-0.05, 0) is 13.0 Å². The summed E-state index contributed by atoms with van der Waals surface area (Å²) >= 11 is 0. The molecule has 7 heteroatoms. The number of nitrogens with zero attached hydrogens (tertiary/aromatic N) is 2. The number of aryl methyl sites for hydroxylation is 1. The Kier molecular flexibility index (Phi) is 3.22. The van der Waals surface area contributed by atoms with Crippen LogP contribution in [0, 0.1) is 12.7 Å². The average molecular weight is 250 g/mol. The molecule has 6 nitrogen and oxygen atoms in total. The molecule has 0 aromatic carbocycles. The van der Waals surface area contributed by atoms with Gasteiger partial charge in [0.25, 0.3) is 5.91 Å². The van der Waals surface area contributed by atoms with Gasteiger partial charge in [0.1, 0.15) is 0 Å². The van der Waals surface area contributed by atoms with E-state index in [2.05, 4.69) is 20.8 Å². The van der Waals surface area contributed by atoms with Crippen molar-refractivity contribution in [2.45, 2.75) is 6.92 Å². The Labute approximate surface area is 102 Å². The molecule has 2 heterocycles. The van der Waals surface area contributed by atoms with E-state index in [-0.39, 0.29) is 17.3 Å². The molecule has 0 saturated heterocycles. The molecule has 1 amide bonds. The topological polar surface area (TPSA) is 80.0 Å². The van der Waals surface area contributed by atoms with Crippen LogP contribution in [0.5, 0.6) is 0 Å². The summed E-state index contributed by atoms with van der Waals surface area (Å²) in [6.07, 6.45) is 1.34. The van der Waals surface area contributed by atoms with Crippen molar-refractivity contribution in [1.29, 1.82) is 0 Å². The molecule has 2 N–H and O–H groups in total. The highest BCUT2D eigenvalue weighted by molar-refractivity contribution is 6.04. The van der Waals surface area contributed by atoms with Gasteiger partial charge in [-0.2, -0.15) is 0 Å². The number of anilines is 2. The molecule has 0 aliphatic rings. The molecule has 0 saturated carbocycles. The quantitative estimate of drug-likeness (QED) is 0.868. The van der Waals surface area contributed by atoms with Crippen LogP contribution < -0.4 is 10.6 Å². The van der Waals surface area contributed by atoms with E-state index in [4.69, 9.17) is 4.52 Å². The van der Waals surface area contributed by atoms with Gasteiger partial charge in [0.15, 0.2) is 11.6 Å². The Balaban J connectivity index is 2.24. The van der Waals surface area contributed by atoms with Crippen LogP contribution in [0.4, 0.5) is 16.1 Å². The lowest BCUT2D eigenvalue weighted by molar-refractivity contribution is 0.102. The normalized spacial score (nSPS) is 10.2. The van der Waals surface area contributed by atoms with Crippen LogP contribution in [-0.4, -0.2) is 23.1 Å². The fourth-order valence-electron chi connectivity index (χ4n) is 1.40. The van der Waals surface area contributed by atoms with E-state index in [0.29, 0.717) is 5.69 Å². The molecule has 94 valence electrons. The zero-order valence-corrected chi connectivity index (χ0v) is 9.82. The maximum atomic E-state index is 13.8. The molecular formula is C11H11FN4O2.